The van der Waals surface area contributed by atoms with Crippen molar-refractivity contribution < 1.29 is 5.11 Å². The van der Waals surface area contributed by atoms with Crippen LogP contribution in [0.1, 0.15) is 11.1 Å². The predicted octanol–water partition coefficient (Wildman–Crippen LogP) is 2.02. The second-order valence-electron chi connectivity index (χ2n) is 2.97. The maximum absolute atomic E-state index is 9.14. The molecule has 0 aliphatic rings. The van der Waals surface area contributed by atoms with Gasteiger partial charge >= 0.3 is 0 Å². The second-order valence-corrected chi connectivity index (χ2v) is 3.38. The maximum atomic E-state index is 9.14. The van der Waals surface area contributed by atoms with Gasteiger partial charge in [0.25, 0.3) is 0 Å². The van der Waals surface area contributed by atoms with E-state index in [0.717, 1.165) is 22.0 Å². The normalized spacial score (nSPS) is 11.0. The molecule has 68 valence electrons. The van der Waals surface area contributed by atoms with Gasteiger partial charge in [-0.2, -0.15) is 5.10 Å². The Balaban J connectivity index is 2.88. The van der Waals surface area contributed by atoms with E-state index in [1.54, 1.807) is 6.20 Å². The lowest BCUT2D eigenvalue weighted by molar-refractivity contribution is 0.282. The highest BCUT2D eigenvalue weighted by Gasteiger charge is 2.08. The van der Waals surface area contributed by atoms with Crippen LogP contribution in [0, 0.1) is 6.92 Å². The summed E-state index contributed by atoms with van der Waals surface area (Å²) in [5.41, 5.74) is 2.66. The second kappa shape index (κ2) is 3.01. The number of aliphatic hydroxyl groups excluding tert-OH is 1. The summed E-state index contributed by atoms with van der Waals surface area (Å²) < 4.78 is 0. The Morgan fingerprint density at radius 3 is 3.08 bits per heavy atom. The number of nitrogens with one attached hydrogen (secondary N) is 1. The minimum Gasteiger partial charge on any atom is -0.392 e. The van der Waals surface area contributed by atoms with Gasteiger partial charge in [-0.05, 0) is 24.1 Å². The summed E-state index contributed by atoms with van der Waals surface area (Å²) in [7, 11) is 0. The zero-order valence-electron chi connectivity index (χ0n) is 7.13. The van der Waals surface area contributed by atoms with Crippen LogP contribution < -0.4 is 0 Å². The Hall–Kier alpha value is -1.06. The molecule has 1 aromatic carbocycles. The smallest absolute Gasteiger partial charge is 0.0840 e. The molecule has 3 nitrogen and oxygen atoms in total. The molecule has 0 atom stereocenters. The van der Waals surface area contributed by atoms with Crippen molar-refractivity contribution in [3.05, 3.63) is 28.4 Å². The first-order chi connectivity index (χ1) is 6.24. The largest absolute Gasteiger partial charge is 0.392 e. The number of rotatable bonds is 1. The lowest BCUT2D eigenvalue weighted by Crippen LogP contribution is -1.89. The zero-order valence-corrected chi connectivity index (χ0v) is 7.89. The Labute approximate surface area is 80.3 Å². The van der Waals surface area contributed by atoms with Crippen LogP contribution in [0.3, 0.4) is 0 Å². The summed E-state index contributed by atoms with van der Waals surface area (Å²) in [4.78, 5) is 0. The lowest BCUT2D eigenvalue weighted by atomic mass is 10.1. The molecule has 0 unspecified atom stereocenters. The van der Waals surface area contributed by atoms with Crippen molar-refractivity contribution in [1.82, 2.24) is 10.2 Å². The molecule has 0 spiro atoms. The highest BCUT2D eigenvalue weighted by Crippen LogP contribution is 2.27. The Morgan fingerprint density at radius 1 is 1.62 bits per heavy atom. The predicted molar refractivity (Wildman–Crippen MR) is 51.8 cm³/mol. The molecule has 0 saturated heterocycles. The Morgan fingerprint density at radius 2 is 2.38 bits per heavy atom. The van der Waals surface area contributed by atoms with Crippen molar-refractivity contribution >= 4 is 22.5 Å². The zero-order chi connectivity index (χ0) is 9.42. The fraction of sp³-hybridized carbons (Fsp3) is 0.222. The van der Waals surface area contributed by atoms with Gasteiger partial charge in [0.2, 0.25) is 0 Å². The van der Waals surface area contributed by atoms with E-state index < -0.39 is 0 Å². The number of aromatic amines is 1. The molecule has 4 heteroatoms. The molecule has 2 N–H and O–H groups in total. The fourth-order valence-electron chi connectivity index (χ4n) is 1.47. The third-order valence-corrected chi connectivity index (χ3v) is 2.48. The van der Waals surface area contributed by atoms with Crippen molar-refractivity contribution in [1.29, 1.82) is 0 Å². The molecule has 0 aliphatic heterocycles. The summed E-state index contributed by atoms with van der Waals surface area (Å²) in [5, 5.41) is 17.4. The number of hydrogen-bond donors (Lipinski definition) is 2. The Kier molecular flexibility index (Phi) is 1.98. The van der Waals surface area contributed by atoms with Crippen LogP contribution >= 0.6 is 11.6 Å². The highest BCUT2D eigenvalue weighted by molar-refractivity contribution is 6.35. The third-order valence-electron chi connectivity index (χ3n) is 2.18. The Bertz CT molecular complexity index is 450. The van der Waals surface area contributed by atoms with Crippen LogP contribution in [0.5, 0.6) is 0 Å². The van der Waals surface area contributed by atoms with E-state index in [9.17, 15) is 0 Å². The van der Waals surface area contributed by atoms with E-state index >= 15 is 0 Å². The van der Waals surface area contributed by atoms with Gasteiger partial charge in [-0.15, -0.1) is 0 Å². The van der Waals surface area contributed by atoms with E-state index in [1.165, 1.54) is 0 Å². The molecule has 2 rings (SSSR count). The molecular formula is C9H9ClN2O. The summed E-state index contributed by atoms with van der Waals surface area (Å²) in [6.07, 6.45) is 1.68. The first kappa shape index (κ1) is 8.53. The molecule has 0 bridgehead atoms. The molecule has 1 aromatic heterocycles. The van der Waals surface area contributed by atoms with Crippen LogP contribution in [0.25, 0.3) is 10.9 Å². The number of halogens is 1. The van der Waals surface area contributed by atoms with Crippen LogP contribution in [0.4, 0.5) is 0 Å². The molecule has 13 heavy (non-hydrogen) atoms. The minimum atomic E-state index is 0.0129. The van der Waals surface area contributed by atoms with Gasteiger partial charge in [0, 0.05) is 5.39 Å². The van der Waals surface area contributed by atoms with Crippen molar-refractivity contribution in [2.24, 2.45) is 0 Å². The van der Waals surface area contributed by atoms with Gasteiger partial charge in [0.1, 0.15) is 0 Å². The number of aliphatic hydroxyl groups is 1. The van der Waals surface area contributed by atoms with Gasteiger partial charge < -0.3 is 5.11 Å². The quantitative estimate of drug-likeness (QED) is 0.733. The lowest BCUT2D eigenvalue weighted by Gasteiger charge is -2.04. The van der Waals surface area contributed by atoms with Gasteiger partial charge in [0.15, 0.2) is 0 Å². The fourth-order valence-corrected chi connectivity index (χ4v) is 1.78. The van der Waals surface area contributed by atoms with Crippen molar-refractivity contribution in [3.8, 4) is 0 Å². The highest BCUT2D eigenvalue weighted by atomic mass is 35.5. The average Bonchev–Trinajstić information content (AvgIpc) is 2.53. The number of fused-ring (bicyclic) bond motifs is 1. The van der Waals surface area contributed by atoms with Crippen LogP contribution in [0.2, 0.25) is 5.02 Å². The molecular weight excluding hydrogens is 188 g/mol. The molecule has 0 amide bonds. The molecule has 1 heterocycles. The number of benzene rings is 1. The number of hydrogen-bond acceptors (Lipinski definition) is 2. The topological polar surface area (TPSA) is 48.9 Å². The van der Waals surface area contributed by atoms with Gasteiger partial charge in [-0.1, -0.05) is 11.6 Å². The monoisotopic (exact) mass is 196 g/mol. The summed E-state index contributed by atoms with van der Waals surface area (Å²) in [6.45, 7) is 1.93. The third kappa shape index (κ3) is 1.20. The SMILES string of the molecule is Cc1cc(Cl)c2[nH]ncc2c1CO. The standard InChI is InChI=1S/C9H9ClN2O/c1-5-2-8(10)9-6(3-11-12-9)7(5)4-13/h2-3,13H,4H2,1H3,(H,11,12). The van der Waals surface area contributed by atoms with E-state index in [4.69, 9.17) is 16.7 Å². The van der Waals surface area contributed by atoms with Crippen LogP contribution in [-0.2, 0) is 6.61 Å². The van der Waals surface area contributed by atoms with Gasteiger partial charge in [-0.3, -0.25) is 5.10 Å². The molecule has 0 aliphatic carbocycles. The minimum absolute atomic E-state index is 0.0129. The van der Waals surface area contributed by atoms with E-state index in [0.29, 0.717) is 5.02 Å². The van der Waals surface area contributed by atoms with E-state index in [-0.39, 0.29) is 6.61 Å². The molecule has 2 aromatic rings. The number of nitrogens with zero attached hydrogens (tertiary/aromatic N) is 1. The van der Waals surface area contributed by atoms with Crippen LogP contribution in [-0.4, -0.2) is 15.3 Å². The molecule has 0 radical (unpaired) electrons. The van der Waals surface area contributed by atoms with Gasteiger partial charge in [0.05, 0.1) is 23.3 Å². The van der Waals surface area contributed by atoms with Crippen LogP contribution in [0.15, 0.2) is 12.3 Å². The first-order valence-corrected chi connectivity index (χ1v) is 4.33. The van der Waals surface area contributed by atoms with Crippen molar-refractivity contribution in [3.63, 3.8) is 0 Å². The number of H-pyrrole nitrogens is 1. The summed E-state index contributed by atoms with van der Waals surface area (Å²) >= 11 is 5.98. The first-order valence-electron chi connectivity index (χ1n) is 3.96. The number of aromatic nitrogens is 2. The molecule has 0 saturated carbocycles. The van der Waals surface area contributed by atoms with E-state index in [1.807, 2.05) is 13.0 Å². The number of aryl methyl sites for hydroxylation is 1. The van der Waals surface area contributed by atoms with Crippen molar-refractivity contribution in [2.45, 2.75) is 13.5 Å². The molecule has 0 fully saturated rings. The maximum Gasteiger partial charge on any atom is 0.0840 e. The van der Waals surface area contributed by atoms with E-state index in [2.05, 4.69) is 10.2 Å². The van der Waals surface area contributed by atoms with Crippen molar-refractivity contribution in [2.75, 3.05) is 0 Å². The summed E-state index contributed by atoms with van der Waals surface area (Å²) in [5.74, 6) is 0. The average molecular weight is 197 g/mol. The summed E-state index contributed by atoms with van der Waals surface area (Å²) in [6, 6.07) is 1.83. The van der Waals surface area contributed by atoms with Gasteiger partial charge in [-0.25, -0.2) is 0 Å².